The van der Waals surface area contributed by atoms with Gasteiger partial charge in [-0.15, -0.1) is 0 Å². The Morgan fingerprint density at radius 3 is 1.98 bits per heavy atom. The summed E-state index contributed by atoms with van der Waals surface area (Å²) in [5, 5.41) is 10.8. The van der Waals surface area contributed by atoms with Crippen molar-refractivity contribution in [2.24, 2.45) is 0 Å². The third-order valence-electron chi connectivity index (χ3n) is 7.30. The summed E-state index contributed by atoms with van der Waals surface area (Å²) in [7, 11) is 6.46. The van der Waals surface area contributed by atoms with Crippen LogP contribution in [0.2, 0.25) is 0 Å². The number of methoxy groups -OCH3 is 4. The fraction of sp³-hybridized carbons (Fsp3) is 0.147. The second-order valence-corrected chi connectivity index (χ2v) is 9.45. The summed E-state index contributed by atoms with van der Waals surface area (Å²) in [6.07, 6.45) is -0.609. The first-order valence-corrected chi connectivity index (χ1v) is 13.1. The number of hydrogen-bond acceptors (Lipinski definition) is 7. The first-order valence-electron chi connectivity index (χ1n) is 13.1. The molecule has 0 amide bonds. The van der Waals surface area contributed by atoms with Crippen LogP contribution in [0.1, 0.15) is 17.2 Å². The Balaban J connectivity index is 1.75. The highest BCUT2D eigenvalue weighted by atomic mass is 16.5. The normalized spacial score (nSPS) is 13.4. The number of nitrogens with zero attached hydrogens (tertiary/aromatic N) is 1. The van der Waals surface area contributed by atoms with Crippen LogP contribution in [0.4, 0.5) is 0 Å². The average Bonchev–Trinajstić information content (AvgIpc) is 3.03. The van der Waals surface area contributed by atoms with Crippen LogP contribution >= 0.6 is 0 Å². The lowest BCUT2D eigenvalue weighted by atomic mass is 9.85. The fourth-order valence-corrected chi connectivity index (χ4v) is 5.46. The maximum Gasteiger partial charge on any atom is 0.168 e. The summed E-state index contributed by atoms with van der Waals surface area (Å²) in [5.74, 6) is 3.14. The predicted octanol–water partition coefficient (Wildman–Crippen LogP) is 7.30. The Labute approximate surface area is 238 Å². The molecule has 1 aromatic heterocycles. The first-order chi connectivity index (χ1) is 20.1. The molecular formula is C34H29NO6. The largest absolute Gasteiger partial charge is 0.507 e. The molecule has 41 heavy (non-hydrogen) atoms. The molecule has 0 saturated carbocycles. The fourth-order valence-electron chi connectivity index (χ4n) is 5.46. The van der Waals surface area contributed by atoms with E-state index in [1.807, 2.05) is 78.9 Å². The lowest BCUT2D eigenvalue weighted by molar-refractivity contribution is 0.235. The van der Waals surface area contributed by atoms with E-state index < -0.39 is 6.10 Å². The summed E-state index contributed by atoms with van der Waals surface area (Å²) >= 11 is 0. The van der Waals surface area contributed by atoms with Crippen LogP contribution in [0.25, 0.3) is 33.6 Å². The Morgan fingerprint density at radius 1 is 0.634 bits per heavy atom. The molecule has 1 N–H and O–H groups in total. The SMILES string of the molecule is COc1cccc(-c2cc(-c3ccccc3O)nc3c2C(c2cccc(OC)c2OC)Oc2ccccc2-3)c1OC. The van der Waals surface area contributed by atoms with E-state index in [0.717, 1.165) is 33.5 Å². The number of hydrogen-bond donors (Lipinski definition) is 1. The Kier molecular flexibility index (Phi) is 6.85. The van der Waals surface area contributed by atoms with Crippen molar-refractivity contribution in [3.63, 3.8) is 0 Å². The lowest BCUT2D eigenvalue weighted by Gasteiger charge is -2.32. The number of pyridine rings is 1. The summed E-state index contributed by atoms with van der Waals surface area (Å²) in [6.45, 7) is 0. The van der Waals surface area contributed by atoms with E-state index in [0.29, 0.717) is 40.0 Å². The van der Waals surface area contributed by atoms with Crippen LogP contribution in [0.3, 0.4) is 0 Å². The summed E-state index contributed by atoms with van der Waals surface area (Å²) in [4.78, 5) is 5.16. The number of phenols is 1. The summed E-state index contributed by atoms with van der Waals surface area (Å²) < 4.78 is 29.8. The highest BCUT2D eigenvalue weighted by Crippen LogP contribution is 2.53. The minimum atomic E-state index is -0.609. The van der Waals surface area contributed by atoms with Crippen LogP contribution in [-0.4, -0.2) is 38.5 Å². The lowest BCUT2D eigenvalue weighted by Crippen LogP contribution is -2.19. The zero-order valence-corrected chi connectivity index (χ0v) is 23.2. The van der Waals surface area contributed by atoms with Gasteiger partial charge in [0.05, 0.1) is 39.8 Å². The highest BCUT2D eigenvalue weighted by molar-refractivity contribution is 5.88. The molecule has 7 heteroatoms. The minimum Gasteiger partial charge on any atom is -0.507 e. The summed E-state index contributed by atoms with van der Waals surface area (Å²) in [5.41, 5.74) is 5.98. The smallest absolute Gasteiger partial charge is 0.168 e. The van der Waals surface area contributed by atoms with Crippen molar-refractivity contribution < 1.29 is 28.8 Å². The van der Waals surface area contributed by atoms with Gasteiger partial charge in [-0.2, -0.15) is 0 Å². The van der Waals surface area contributed by atoms with E-state index in [4.69, 9.17) is 28.7 Å². The molecule has 5 aromatic rings. The molecule has 1 atom stereocenters. The van der Waals surface area contributed by atoms with E-state index in [9.17, 15) is 5.11 Å². The van der Waals surface area contributed by atoms with Gasteiger partial charge < -0.3 is 28.8 Å². The standard InChI is InChI=1S/C34H29NO6/c1-37-28-17-9-13-20(32(28)39-3)24-19-25(21-11-5-7-15-26(21)36)35-31-22-12-6-8-16-27(22)41-34(30(24)31)23-14-10-18-29(38-2)33(23)40-4/h5-19,34,36H,1-4H3. The first kappa shape index (κ1) is 26.1. The molecular weight excluding hydrogens is 518 g/mol. The van der Waals surface area contributed by atoms with Gasteiger partial charge in [0.2, 0.25) is 0 Å². The molecule has 2 heterocycles. The molecule has 0 radical (unpaired) electrons. The topological polar surface area (TPSA) is 79.3 Å². The number of aromatic hydroxyl groups is 1. The van der Waals surface area contributed by atoms with Gasteiger partial charge in [-0.05, 0) is 48.0 Å². The number of benzene rings is 4. The Bertz CT molecular complexity index is 1750. The van der Waals surface area contributed by atoms with Crippen molar-refractivity contribution in [1.29, 1.82) is 0 Å². The number of ether oxygens (including phenoxy) is 5. The number of fused-ring (bicyclic) bond motifs is 3. The van der Waals surface area contributed by atoms with Crippen molar-refractivity contribution in [2.75, 3.05) is 28.4 Å². The molecule has 1 aliphatic rings. The third-order valence-corrected chi connectivity index (χ3v) is 7.30. The van der Waals surface area contributed by atoms with E-state index >= 15 is 0 Å². The number of phenolic OH excluding ortho intramolecular Hbond substituents is 1. The van der Waals surface area contributed by atoms with Gasteiger partial charge in [0.1, 0.15) is 11.5 Å². The quantitative estimate of drug-likeness (QED) is 0.229. The minimum absolute atomic E-state index is 0.134. The van der Waals surface area contributed by atoms with Crippen LogP contribution in [0.15, 0.2) is 91.0 Å². The second-order valence-electron chi connectivity index (χ2n) is 9.45. The Hall–Kier alpha value is -5.17. The zero-order chi connectivity index (χ0) is 28.5. The molecule has 1 aliphatic heterocycles. The van der Waals surface area contributed by atoms with Crippen molar-refractivity contribution in [2.45, 2.75) is 6.10 Å². The van der Waals surface area contributed by atoms with E-state index in [-0.39, 0.29) is 5.75 Å². The molecule has 0 saturated heterocycles. The van der Waals surface area contributed by atoms with Crippen molar-refractivity contribution in [1.82, 2.24) is 4.98 Å². The molecule has 0 bridgehead atoms. The van der Waals surface area contributed by atoms with Gasteiger partial charge >= 0.3 is 0 Å². The predicted molar refractivity (Wildman–Crippen MR) is 157 cm³/mol. The van der Waals surface area contributed by atoms with Crippen molar-refractivity contribution in [3.05, 3.63) is 102 Å². The van der Waals surface area contributed by atoms with Gasteiger partial charge in [0.15, 0.2) is 29.1 Å². The van der Waals surface area contributed by atoms with Crippen LogP contribution < -0.4 is 23.7 Å². The maximum atomic E-state index is 10.8. The van der Waals surface area contributed by atoms with Gasteiger partial charge in [-0.1, -0.05) is 48.5 Å². The van der Waals surface area contributed by atoms with Crippen molar-refractivity contribution in [3.8, 4) is 68.1 Å². The molecule has 0 spiro atoms. The van der Waals surface area contributed by atoms with Crippen LogP contribution in [-0.2, 0) is 0 Å². The van der Waals surface area contributed by atoms with Crippen LogP contribution in [0, 0.1) is 0 Å². The highest BCUT2D eigenvalue weighted by Gasteiger charge is 2.35. The molecule has 4 aromatic carbocycles. The monoisotopic (exact) mass is 547 g/mol. The van der Waals surface area contributed by atoms with Crippen molar-refractivity contribution >= 4 is 0 Å². The van der Waals surface area contributed by atoms with Crippen LogP contribution in [0.5, 0.6) is 34.5 Å². The molecule has 206 valence electrons. The number of aromatic nitrogens is 1. The Morgan fingerprint density at radius 2 is 1.27 bits per heavy atom. The maximum absolute atomic E-state index is 10.8. The molecule has 1 unspecified atom stereocenters. The van der Waals surface area contributed by atoms with Gasteiger partial charge in [0.25, 0.3) is 0 Å². The molecule has 6 rings (SSSR count). The van der Waals surface area contributed by atoms with E-state index in [1.165, 1.54) is 0 Å². The van der Waals surface area contributed by atoms with E-state index in [2.05, 4.69) is 0 Å². The van der Waals surface area contributed by atoms with Gasteiger partial charge in [-0.3, -0.25) is 0 Å². The van der Waals surface area contributed by atoms with Gasteiger partial charge in [0, 0.05) is 27.8 Å². The second kappa shape index (κ2) is 10.8. The molecule has 0 fully saturated rings. The van der Waals surface area contributed by atoms with E-state index in [1.54, 1.807) is 40.6 Å². The zero-order valence-electron chi connectivity index (χ0n) is 23.2. The average molecular weight is 548 g/mol. The molecule has 7 nitrogen and oxygen atoms in total. The number of para-hydroxylation sites is 4. The molecule has 0 aliphatic carbocycles. The number of rotatable bonds is 7. The van der Waals surface area contributed by atoms with Gasteiger partial charge in [-0.25, -0.2) is 4.98 Å². The third kappa shape index (κ3) is 4.36. The summed E-state index contributed by atoms with van der Waals surface area (Å²) in [6, 6.07) is 28.4.